The molecule has 1 aromatic rings. The number of piperidine rings is 1. The number of amides is 1. The molecule has 1 amide bonds. The minimum atomic E-state index is -0.927. The Hall–Kier alpha value is -1.85. The summed E-state index contributed by atoms with van der Waals surface area (Å²) in [5.74, 6) is -0.928. The third kappa shape index (κ3) is 2.69. The lowest BCUT2D eigenvalue weighted by Crippen LogP contribution is -2.48. The van der Waals surface area contributed by atoms with Gasteiger partial charge in [0.15, 0.2) is 0 Å². The third-order valence-electron chi connectivity index (χ3n) is 3.76. The number of aromatic nitrogens is 2. The zero-order chi connectivity index (χ0) is 14.9. The Kier molecular flexibility index (Phi) is 4.11. The van der Waals surface area contributed by atoms with Crippen LogP contribution in [0.3, 0.4) is 0 Å². The molecule has 0 radical (unpaired) electrons. The van der Waals surface area contributed by atoms with E-state index in [9.17, 15) is 14.7 Å². The van der Waals surface area contributed by atoms with Crippen LogP contribution in [0.1, 0.15) is 55.2 Å². The first-order valence-electron chi connectivity index (χ1n) is 6.99. The number of rotatable bonds is 3. The summed E-state index contributed by atoms with van der Waals surface area (Å²) >= 11 is 0. The van der Waals surface area contributed by atoms with E-state index < -0.39 is 12.0 Å². The van der Waals surface area contributed by atoms with E-state index in [0.29, 0.717) is 18.7 Å². The van der Waals surface area contributed by atoms with Crippen molar-refractivity contribution in [2.24, 2.45) is 7.05 Å². The van der Waals surface area contributed by atoms with Crippen LogP contribution in [-0.4, -0.2) is 44.3 Å². The highest BCUT2D eigenvalue weighted by molar-refractivity contribution is 5.95. The number of likely N-dealkylation sites (tertiary alicyclic amines) is 1. The van der Waals surface area contributed by atoms with E-state index >= 15 is 0 Å². The van der Waals surface area contributed by atoms with Crippen LogP contribution in [0.25, 0.3) is 0 Å². The van der Waals surface area contributed by atoms with Gasteiger partial charge in [-0.3, -0.25) is 9.48 Å². The molecule has 2 rings (SSSR count). The van der Waals surface area contributed by atoms with E-state index in [0.717, 1.165) is 18.5 Å². The maximum atomic E-state index is 12.6. The molecule has 110 valence electrons. The molecular formula is C14H21N3O3. The number of carboxylic acids is 1. The molecule has 6 nitrogen and oxygen atoms in total. The van der Waals surface area contributed by atoms with Crippen molar-refractivity contribution in [1.29, 1.82) is 0 Å². The van der Waals surface area contributed by atoms with Crippen molar-refractivity contribution in [3.8, 4) is 0 Å². The first kappa shape index (κ1) is 14.6. The normalized spacial score (nSPS) is 19.4. The van der Waals surface area contributed by atoms with Crippen molar-refractivity contribution in [2.45, 2.75) is 45.1 Å². The number of nitrogens with zero attached hydrogens (tertiary/aromatic N) is 3. The molecule has 0 unspecified atom stereocenters. The molecule has 20 heavy (non-hydrogen) atoms. The third-order valence-corrected chi connectivity index (χ3v) is 3.76. The zero-order valence-electron chi connectivity index (χ0n) is 12.2. The largest absolute Gasteiger partial charge is 0.480 e. The summed E-state index contributed by atoms with van der Waals surface area (Å²) in [5.41, 5.74) is 1.31. The lowest BCUT2D eigenvalue weighted by atomic mass is 10.0. The van der Waals surface area contributed by atoms with Gasteiger partial charge in [0.25, 0.3) is 5.91 Å². The van der Waals surface area contributed by atoms with E-state index in [2.05, 4.69) is 5.10 Å². The molecule has 2 heterocycles. The number of hydrogen-bond acceptors (Lipinski definition) is 3. The first-order valence-corrected chi connectivity index (χ1v) is 6.99. The molecule has 0 saturated carbocycles. The molecule has 0 spiro atoms. The lowest BCUT2D eigenvalue weighted by Gasteiger charge is -2.32. The predicted molar refractivity (Wildman–Crippen MR) is 73.6 cm³/mol. The number of carbonyl (C=O) groups is 2. The standard InChI is InChI=1S/C14H21N3O3/c1-9(2)10-8-12(16(3)15-10)13(18)17-7-5-4-6-11(17)14(19)20/h8-9,11H,4-7H2,1-3H3,(H,19,20)/t11-/m1/s1. The number of aryl methyl sites for hydroxylation is 1. The molecule has 1 aromatic heterocycles. The van der Waals surface area contributed by atoms with Crippen LogP contribution in [0, 0.1) is 0 Å². The van der Waals surface area contributed by atoms with Crippen LogP contribution >= 0.6 is 0 Å². The molecular weight excluding hydrogens is 258 g/mol. The Morgan fingerprint density at radius 1 is 1.40 bits per heavy atom. The van der Waals surface area contributed by atoms with Crippen LogP contribution in [0.5, 0.6) is 0 Å². The summed E-state index contributed by atoms with van der Waals surface area (Å²) in [6.45, 7) is 4.52. The molecule has 0 bridgehead atoms. The van der Waals surface area contributed by atoms with Crippen LogP contribution in [0.2, 0.25) is 0 Å². The Bertz CT molecular complexity index is 522. The summed E-state index contributed by atoms with van der Waals surface area (Å²) in [5, 5.41) is 13.6. The van der Waals surface area contributed by atoms with Crippen LogP contribution in [-0.2, 0) is 11.8 Å². The van der Waals surface area contributed by atoms with Gasteiger partial charge < -0.3 is 10.0 Å². The van der Waals surface area contributed by atoms with Gasteiger partial charge in [0.05, 0.1) is 5.69 Å². The lowest BCUT2D eigenvalue weighted by molar-refractivity contribution is -0.143. The summed E-state index contributed by atoms with van der Waals surface area (Å²) < 4.78 is 1.55. The molecule has 1 aliphatic rings. The quantitative estimate of drug-likeness (QED) is 0.912. The van der Waals surface area contributed by atoms with E-state index in [4.69, 9.17) is 0 Å². The fourth-order valence-corrected chi connectivity index (χ4v) is 2.55. The van der Waals surface area contributed by atoms with E-state index in [1.807, 2.05) is 13.8 Å². The monoisotopic (exact) mass is 279 g/mol. The molecule has 1 fully saturated rings. The Balaban J connectivity index is 2.27. The number of hydrogen-bond donors (Lipinski definition) is 1. The highest BCUT2D eigenvalue weighted by Crippen LogP contribution is 2.21. The van der Waals surface area contributed by atoms with Gasteiger partial charge in [0.2, 0.25) is 0 Å². The average Bonchev–Trinajstić information content (AvgIpc) is 2.80. The van der Waals surface area contributed by atoms with Gasteiger partial charge in [-0.1, -0.05) is 13.8 Å². The second kappa shape index (κ2) is 5.64. The van der Waals surface area contributed by atoms with Gasteiger partial charge in [0, 0.05) is 13.6 Å². The molecule has 1 saturated heterocycles. The second-order valence-corrected chi connectivity index (χ2v) is 5.58. The molecule has 6 heteroatoms. The number of carbonyl (C=O) groups excluding carboxylic acids is 1. The van der Waals surface area contributed by atoms with Crippen molar-refractivity contribution in [3.05, 3.63) is 17.5 Å². The number of carboxylic acid groups (broad SMARTS) is 1. The highest BCUT2D eigenvalue weighted by atomic mass is 16.4. The minimum Gasteiger partial charge on any atom is -0.480 e. The molecule has 1 atom stereocenters. The fraction of sp³-hybridized carbons (Fsp3) is 0.643. The van der Waals surface area contributed by atoms with Crippen molar-refractivity contribution in [3.63, 3.8) is 0 Å². The van der Waals surface area contributed by atoms with Gasteiger partial charge >= 0.3 is 5.97 Å². The van der Waals surface area contributed by atoms with Crippen LogP contribution < -0.4 is 0 Å². The zero-order valence-corrected chi connectivity index (χ0v) is 12.2. The molecule has 0 aromatic carbocycles. The highest BCUT2D eigenvalue weighted by Gasteiger charge is 2.33. The Labute approximate surface area is 118 Å². The van der Waals surface area contributed by atoms with Gasteiger partial charge in [-0.2, -0.15) is 5.10 Å². The van der Waals surface area contributed by atoms with Crippen molar-refractivity contribution in [2.75, 3.05) is 6.54 Å². The van der Waals surface area contributed by atoms with Gasteiger partial charge in [-0.15, -0.1) is 0 Å². The molecule has 1 N–H and O–H groups in total. The first-order chi connectivity index (χ1) is 9.41. The summed E-state index contributed by atoms with van der Waals surface area (Å²) in [4.78, 5) is 25.3. The van der Waals surface area contributed by atoms with Crippen molar-refractivity contribution >= 4 is 11.9 Å². The van der Waals surface area contributed by atoms with Gasteiger partial charge in [-0.05, 0) is 31.2 Å². The Morgan fingerprint density at radius 2 is 2.10 bits per heavy atom. The SMILES string of the molecule is CC(C)c1cc(C(=O)N2CCCC[C@@H]2C(=O)O)n(C)n1. The van der Waals surface area contributed by atoms with E-state index in [1.54, 1.807) is 17.8 Å². The fourth-order valence-electron chi connectivity index (χ4n) is 2.55. The summed E-state index contributed by atoms with van der Waals surface area (Å²) in [6, 6.07) is 1.05. The summed E-state index contributed by atoms with van der Waals surface area (Å²) in [6.07, 6.45) is 2.23. The van der Waals surface area contributed by atoms with Gasteiger partial charge in [0.1, 0.15) is 11.7 Å². The maximum Gasteiger partial charge on any atom is 0.326 e. The molecule has 1 aliphatic heterocycles. The average molecular weight is 279 g/mol. The molecule has 0 aliphatic carbocycles. The summed E-state index contributed by atoms with van der Waals surface area (Å²) in [7, 11) is 1.72. The van der Waals surface area contributed by atoms with Crippen molar-refractivity contribution in [1.82, 2.24) is 14.7 Å². The Morgan fingerprint density at radius 3 is 2.65 bits per heavy atom. The van der Waals surface area contributed by atoms with Crippen LogP contribution in [0.4, 0.5) is 0 Å². The maximum absolute atomic E-state index is 12.6. The number of aliphatic carboxylic acids is 1. The second-order valence-electron chi connectivity index (χ2n) is 5.58. The van der Waals surface area contributed by atoms with Crippen LogP contribution in [0.15, 0.2) is 6.07 Å². The predicted octanol–water partition coefficient (Wildman–Crippen LogP) is 1.62. The van der Waals surface area contributed by atoms with E-state index in [-0.39, 0.29) is 11.8 Å². The topological polar surface area (TPSA) is 75.4 Å². The van der Waals surface area contributed by atoms with Gasteiger partial charge in [-0.25, -0.2) is 4.79 Å². The van der Waals surface area contributed by atoms with Crippen molar-refractivity contribution < 1.29 is 14.7 Å². The van der Waals surface area contributed by atoms with E-state index in [1.165, 1.54) is 4.90 Å². The minimum absolute atomic E-state index is 0.236. The smallest absolute Gasteiger partial charge is 0.326 e.